The van der Waals surface area contributed by atoms with Crippen LogP contribution in [0.5, 0.6) is 5.75 Å². The molecule has 24 heavy (non-hydrogen) atoms. The third kappa shape index (κ3) is 3.15. The average molecular weight is 321 g/mol. The summed E-state index contributed by atoms with van der Waals surface area (Å²) in [6.07, 6.45) is 2.53. The third-order valence-corrected chi connectivity index (χ3v) is 3.89. The highest BCUT2D eigenvalue weighted by Crippen LogP contribution is 2.22. The van der Waals surface area contributed by atoms with Gasteiger partial charge in [0.2, 0.25) is 0 Å². The van der Waals surface area contributed by atoms with E-state index in [1.807, 2.05) is 44.2 Å². The molecule has 5 nitrogen and oxygen atoms in total. The maximum atomic E-state index is 12.5. The smallest absolute Gasteiger partial charge is 0.259 e. The summed E-state index contributed by atoms with van der Waals surface area (Å²) in [5.74, 6) is -0.360. The fourth-order valence-corrected chi connectivity index (χ4v) is 2.54. The first-order chi connectivity index (χ1) is 11.6. The van der Waals surface area contributed by atoms with Crippen LogP contribution in [-0.4, -0.2) is 20.8 Å². The Morgan fingerprint density at radius 3 is 2.75 bits per heavy atom. The Hall–Kier alpha value is -3.08. The van der Waals surface area contributed by atoms with Gasteiger partial charge in [-0.2, -0.15) is 5.10 Å². The number of anilines is 1. The van der Waals surface area contributed by atoms with Crippen LogP contribution in [-0.2, 0) is 6.42 Å². The van der Waals surface area contributed by atoms with Crippen LogP contribution >= 0.6 is 0 Å². The Labute approximate surface area is 140 Å². The molecule has 2 N–H and O–H groups in total. The van der Waals surface area contributed by atoms with E-state index in [1.54, 1.807) is 29.1 Å². The second-order valence-corrected chi connectivity index (χ2v) is 5.59. The maximum absolute atomic E-state index is 12.5. The molecular weight excluding hydrogens is 302 g/mol. The van der Waals surface area contributed by atoms with Gasteiger partial charge in [-0.05, 0) is 55.3 Å². The Morgan fingerprint density at radius 1 is 1.21 bits per heavy atom. The minimum atomic E-state index is -0.336. The molecule has 1 aromatic heterocycles. The number of aromatic hydroxyl groups is 1. The van der Waals surface area contributed by atoms with E-state index in [4.69, 9.17) is 0 Å². The van der Waals surface area contributed by atoms with Crippen molar-refractivity contribution in [3.63, 3.8) is 0 Å². The molecule has 122 valence electrons. The predicted molar refractivity (Wildman–Crippen MR) is 93.7 cm³/mol. The fraction of sp³-hybridized carbons (Fsp3) is 0.158. The van der Waals surface area contributed by atoms with E-state index < -0.39 is 0 Å². The summed E-state index contributed by atoms with van der Waals surface area (Å²) in [7, 11) is 0. The molecule has 0 saturated carbocycles. The number of nitrogens with one attached hydrogen (secondary N) is 1. The van der Waals surface area contributed by atoms with E-state index in [2.05, 4.69) is 10.4 Å². The zero-order valence-corrected chi connectivity index (χ0v) is 13.7. The summed E-state index contributed by atoms with van der Waals surface area (Å²) in [4.78, 5) is 12.5. The lowest BCUT2D eigenvalue weighted by Gasteiger charge is -2.10. The van der Waals surface area contributed by atoms with E-state index >= 15 is 0 Å². The van der Waals surface area contributed by atoms with Crippen molar-refractivity contribution in [2.75, 3.05) is 5.32 Å². The van der Waals surface area contributed by atoms with Crippen LogP contribution in [0.15, 0.2) is 54.7 Å². The molecule has 0 saturated heterocycles. The summed E-state index contributed by atoms with van der Waals surface area (Å²) in [6, 6.07) is 14.4. The van der Waals surface area contributed by atoms with Gasteiger partial charge < -0.3 is 10.4 Å². The molecule has 5 heteroatoms. The van der Waals surface area contributed by atoms with Gasteiger partial charge in [0.05, 0.1) is 11.3 Å². The second-order valence-electron chi connectivity index (χ2n) is 5.59. The number of amides is 1. The second kappa shape index (κ2) is 6.58. The normalized spacial score (nSPS) is 10.6. The summed E-state index contributed by atoms with van der Waals surface area (Å²) >= 11 is 0. The van der Waals surface area contributed by atoms with E-state index in [-0.39, 0.29) is 17.2 Å². The molecule has 0 unspecified atom stereocenters. The number of aryl methyl sites for hydroxylation is 2. The molecule has 0 aliphatic carbocycles. The Bertz CT molecular complexity index is 884. The van der Waals surface area contributed by atoms with Crippen molar-refractivity contribution in [1.82, 2.24) is 9.78 Å². The molecule has 0 bridgehead atoms. The number of nitrogens with zero attached hydrogens (tertiary/aromatic N) is 2. The number of hydrogen-bond donors (Lipinski definition) is 2. The van der Waals surface area contributed by atoms with Crippen LogP contribution in [0, 0.1) is 6.92 Å². The minimum absolute atomic E-state index is 0.0243. The molecule has 0 radical (unpaired) electrons. The first-order valence-electron chi connectivity index (χ1n) is 7.83. The summed E-state index contributed by atoms with van der Waals surface area (Å²) in [5.41, 5.74) is 3.79. The molecule has 0 fully saturated rings. The standard InChI is InChI=1S/C19H19N3O2/c1-3-14-7-8-18(23)17(11-14)19(24)21-15-5-4-6-16(12-15)22-13(2)9-10-20-22/h4-12,23H,3H2,1-2H3,(H,21,24). The molecule has 0 aliphatic heterocycles. The Kier molecular flexibility index (Phi) is 4.33. The van der Waals surface area contributed by atoms with Gasteiger partial charge in [-0.25, -0.2) is 4.68 Å². The largest absolute Gasteiger partial charge is 0.507 e. The van der Waals surface area contributed by atoms with Crippen molar-refractivity contribution in [2.24, 2.45) is 0 Å². The van der Waals surface area contributed by atoms with Gasteiger partial charge in [0, 0.05) is 17.6 Å². The molecule has 0 aliphatic rings. The lowest BCUT2D eigenvalue weighted by molar-refractivity contribution is 0.102. The van der Waals surface area contributed by atoms with Crippen LogP contribution in [0.4, 0.5) is 5.69 Å². The van der Waals surface area contributed by atoms with Crippen molar-refractivity contribution in [3.05, 3.63) is 71.5 Å². The van der Waals surface area contributed by atoms with Crippen molar-refractivity contribution in [3.8, 4) is 11.4 Å². The fourth-order valence-electron chi connectivity index (χ4n) is 2.54. The highest BCUT2D eigenvalue weighted by atomic mass is 16.3. The maximum Gasteiger partial charge on any atom is 0.259 e. The van der Waals surface area contributed by atoms with Crippen molar-refractivity contribution in [2.45, 2.75) is 20.3 Å². The quantitative estimate of drug-likeness (QED) is 0.770. The Morgan fingerprint density at radius 2 is 2.04 bits per heavy atom. The number of phenolic OH excluding ortho intramolecular Hbond substituents is 1. The number of carbonyl (C=O) groups is 1. The molecule has 3 aromatic rings. The summed E-state index contributed by atoms with van der Waals surface area (Å²) in [6.45, 7) is 3.97. The monoisotopic (exact) mass is 321 g/mol. The number of benzene rings is 2. The molecule has 2 aromatic carbocycles. The van der Waals surface area contributed by atoms with E-state index in [1.165, 1.54) is 0 Å². The van der Waals surface area contributed by atoms with Gasteiger partial charge in [-0.15, -0.1) is 0 Å². The first kappa shape index (κ1) is 15.8. The molecule has 3 rings (SSSR count). The summed E-state index contributed by atoms with van der Waals surface area (Å²) < 4.78 is 1.80. The van der Waals surface area contributed by atoms with Crippen LogP contribution in [0.25, 0.3) is 5.69 Å². The highest BCUT2D eigenvalue weighted by Gasteiger charge is 2.12. The Balaban J connectivity index is 1.86. The van der Waals surface area contributed by atoms with Crippen LogP contribution in [0.2, 0.25) is 0 Å². The van der Waals surface area contributed by atoms with Crippen LogP contribution in [0.1, 0.15) is 28.5 Å². The van der Waals surface area contributed by atoms with Gasteiger partial charge in [0.1, 0.15) is 5.75 Å². The number of phenols is 1. The lowest BCUT2D eigenvalue weighted by atomic mass is 10.1. The average Bonchev–Trinajstić information content (AvgIpc) is 3.01. The van der Waals surface area contributed by atoms with Gasteiger partial charge in [-0.1, -0.05) is 19.1 Å². The van der Waals surface area contributed by atoms with Crippen molar-refractivity contribution >= 4 is 11.6 Å². The zero-order chi connectivity index (χ0) is 17.1. The van der Waals surface area contributed by atoms with Gasteiger partial charge in [0.15, 0.2) is 0 Å². The SMILES string of the molecule is CCc1ccc(O)c(C(=O)Nc2cccc(-n3nccc3C)c2)c1. The van der Waals surface area contributed by atoms with Crippen molar-refractivity contribution < 1.29 is 9.90 Å². The van der Waals surface area contributed by atoms with Gasteiger partial charge in [-0.3, -0.25) is 4.79 Å². The molecular formula is C19H19N3O2. The minimum Gasteiger partial charge on any atom is -0.507 e. The predicted octanol–water partition coefficient (Wildman–Crippen LogP) is 3.70. The van der Waals surface area contributed by atoms with Crippen LogP contribution < -0.4 is 5.32 Å². The zero-order valence-electron chi connectivity index (χ0n) is 13.7. The molecule has 1 heterocycles. The van der Waals surface area contributed by atoms with E-state index in [9.17, 15) is 9.90 Å². The number of hydrogen-bond acceptors (Lipinski definition) is 3. The molecule has 1 amide bonds. The summed E-state index contributed by atoms with van der Waals surface area (Å²) in [5, 5.41) is 17.0. The van der Waals surface area contributed by atoms with Crippen LogP contribution in [0.3, 0.4) is 0 Å². The molecule has 0 spiro atoms. The third-order valence-electron chi connectivity index (χ3n) is 3.89. The topological polar surface area (TPSA) is 67.2 Å². The highest BCUT2D eigenvalue weighted by molar-refractivity contribution is 6.06. The van der Waals surface area contributed by atoms with Gasteiger partial charge in [0.25, 0.3) is 5.91 Å². The number of aromatic nitrogens is 2. The van der Waals surface area contributed by atoms with Gasteiger partial charge >= 0.3 is 0 Å². The van der Waals surface area contributed by atoms with E-state index in [0.717, 1.165) is 23.4 Å². The van der Waals surface area contributed by atoms with Crippen molar-refractivity contribution in [1.29, 1.82) is 0 Å². The molecule has 0 atom stereocenters. The first-order valence-corrected chi connectivity index (χ1v) is 7.83. The number of carbonyl (C=O) groups excluding carboxylic acids is 1. The number of rotatable bonds is 4. The lowest BCUT2D eigenvalue weighted by Crippen LogP contribution is -2.13. The van der Waals surface area contributed by atoms with E-state index in [0.29, 0.717) is 5.69 Å².